The maximum absolute atomic E-state index is 4.97. The molecule has 0 saturated carbocycles. The lowest BCUT2D eigenvalue weighted by Crippen LogP contribution is -2.25. The molecule has 0 aliphatic heterocycles. The molecule has 0 fully saturated rings. The second kappa shape index (κ2) is 10.2. The fourth-order valence-corrected chi connectivity index (χ4v) is 4.36. The zero-order valence-corrected chi connectivity index (χ0v) is 20.3. The number of hydrogen-bond acceptors (Lipinski definition) is 2. The van der Waals surface area contributed by atoms with Crippen LogP contribution < -0.4 is 10.4 Å². The Labute approximate surface area is 211 Å². The minimum absolute atomic E-state index is 0.866. The fraction of sp³-hybridized carbons (Fsp3) is 0.0303. The molecule has 1 aliphatic carbocycles. The molecule has 4 aromatic rings. The van der Waals surface area contributed by atoms with Crippen LogP contribution in [0, 0.1) is 6.92 Å². The third-order valence-electron chi connectivity index (χ3n) is 6.07. The first-order valence-corrected chi connectivity index (χ1v) is 11.9. The summed E-state index contributed by atoms with van der Waals surface area (Å²) in [4.78, 5) is 9.75. The highest BCUT2D eigenvalue weighted by Gasteiger charge is 2.17. The zero-order chi connectivity index (χ0) is 24.9. The van der Waals surface area contributed by atoms with Gasteiger partial charge in [0.1, 0.15) is 11.3 Å². The highest BCUT2D eigenvalue weighted by molar-refractivity contribution is 5.81. The van der Waals surface area contributed by atoms with Crippen LogP contribution in [-0.4, -0.2) is 14.4 Å². The molecular formula is C33H27N3. The summed E-state index contributed by atoms with van der Waals surface area (Å²) in [5, 5.41) is 2.27. The van der Waals surface area contributed by atoms with E-state index in [1.807, 2.05) is 67.6 Å². The minimum atomic E-state index is 0.866. The van der Waals surface area contributed by atoms with Crippen LogP contribution in [0.1, 0.15) is 5.69 Å². The Morgan fingerprint density at radius 3 is 2.61 bits per heavy atom. The lowest BCUT2D eigenvalue weighted by Gasteiger charge is -2.08. The van der Waals surface area contributed by atoms with Crippen molar-refractivity contribution in [2.24, 2.45) is 0 Å². The van der Waals surface area contributed by atoms with Crippen LogP contribution in [-0.2, 0) is 0 Å². The van der Waals surface area contributed by atoms with Gasteiger partial charge in [0.15, 0.2) is 0 Å². The Kier molecular flexibility index (Phi) is 6.55. The topological polar surface area (TPSA) is 30.2 Å². The average molecular weight is 466 g/mol. The Balaban J connectivity index is 1.74. The van der Waals surface area contributed by atoms with Crippen LogP contribution in [0.5, 0.6) is 0 Å². The number of aromatic nitrogens is 3. The maximum Gasteiger partial charge on any atom is 0.138 e. The van der Waals surface area contributed by atoms with Gasteiger partial charge in [-0.1, -0.05) is 92.1 Å². The van der Waals surface area contributed by atoms with Crippen molar-refractivity contribution in [2.45, 2.75) is 6.92 Å². The smallest absolute Gasteiger partial charge is 0.138 e. The highest BCUT2D eigenvalue weighted by atomic mass is 15.0. The summed E-state index contributed by atoms with van der Waals surface area (Å²) in [5.41, 5.74) is 7.82. The molecule has 0 radical (unpaired) electrons. The van der Waals surface area contributed by atoms with Crippen molar-refractivity contribution in [3.63, 3.8) is 0 Å². The van der Waals surface area contributed by atoms with E-state index in [0.29, 0.717) is 0 Å². The van der Waals surface area contributed by atoms with Gasteiger partial charge < -0.3 is 0 Å². The van der Waals surface area contributed by atoms with Gasteiger partial charge in [-0.2, -0.15) is 0 Å². The number of benzene rings is 1. The summed E-state index contributed by atoms with van der Waals surface area (Å²) in [6, 6.07) is 18.7. The van der Waals surface area contributed by atoms with Gasteiger partial charge in [-0.25, -0.2) is 4.98 Å². The summed E-state index contributed by atoms with van der Waals surface area (Å²) in [6.45, 7) is 9.79. The van der Waals surface area contributed by atoms with Crippen molar-refractivity contribution in [2.75, 3.05) is 0 Å². The summed E-state index contributed by atoms with van der Waals surface area (Å²) in [6.07, 6.45) is 22.2. The lowest BCUT2D eigenvalue weighted by atomic mass is 9.99. The van der Waals surface area contributed by atoms with Gasteiger partial charge >= 0.3 is 0 Å². The van der Waals surface area contributed by atoms with Gasteiger partial charge in [0, 0.05) is 17.5 Å². The Morgan fingerprint density at radius 1 is 0.889 bits per heavy atom. The molecule has 0 N–H and O–H groups in total. The number of aryl methyl sites for hydroxylation is 1. The molecule has 0 amide bonds. The fourth-order valence-electron chi connectivity index (χ4n) is 4.36. The van der Waals surface area contributed by atoms with Crippen LogP contribution in [0.15, 0.2) is 134 Å². The normalized spacial score (nSPS) is 17.6. The predicted molar refractivity (Wildman–Crippen MR) is 152 cm³/mol. The monoisotopic (exact) mass is 465 g/mol. The van der Waals surface area contributed by atoms with Gasteiger partial charge in [-0.3, -0.25) is 9.38 Å². The van der Waals surface area contributed by atoms with E-state index in [1.165, 1.54) is 0 Å². The van der Waals surface area contributed by atoms with Crippen molar-refractivity contribution < 1.29 is 0 Å². The second-order valence-electron chi connectivity index (χ2n) is 8.51. The Morgan fingerprint density at radius 2 is 1.78 bits per heavy atom. The molecule has 0 atom stereocenters. The molecule has 36 heavy (non-hydrogen) atoms. The SMILES string of the molecule is C=C/C=C/C=C(C=C)/C1=C/C=C/C=c2\ccc(-c3c(-c4cccc(C)n4)nc4ccccn34)c\c2=C\1. The molecule has 3 heteroatoms. The van der Waals surface area contributed by atoms with E-state index < -0.39 is 0 Å². The van der Waals surface area contributed by atoms with Crippen LogP contribution in [0.3, 0.4) is 0 Å². The summed E-state index contributed by atoms with van der Waals surface area (Å²) in [7, 11) is 0. The summed E-state index contributed by atoms with van der Waals surface area (Å²) in [5.74, 6) is 0. The van der Waals surface area contributed by atoms with Crippen molar-refractivity contribution in [3.05, 3.63) is 150 Å². The van der Waals surface area contributed by atoms with E-state index in [0.717, 1.165) is 55.6 Å². The molecule has 1 aliphatic rings. The van der Waals surface area contributed by atoms with Gasteiger partial charge in [0.25, 0.3) is 0 Å². The second-order valence-corrected chi connectivity index (χ2v) is 8.51. The molecule has 0 spiro atoms. The quantitative estimate of drug-likeness (QED) is 0.314. The zero-order valence-electron chi connectivity index (χ0n) is 20.3. The third-order valence-corrected chi connectivity index (χ3v) is 6.07. The average Bonchev–Trinajstić information content (AvgIpc) is 3.27. The molecule has 0 bridgehead atoms. The first-order chi connectivity index (χ1) is 17.7. The standard InChI is InChI=1S/C33H27N3/c1-4-6-7-14-25(5-2)27-16-9-8-15-26-19-20-28(23-29(26)22-27)33-32(30-17-12-13-24(3)34-30)35-31-18-10-11-21-36(31)33/h4-23H,1-2H2,3H3/b7-6+,9-8+,15-8?,16-9?,25-14+,26-15+,27-16+,27-22?,29-22-. The van der Waals surface area contributed by atoms with Crippen LogP contribution in [0.25, 0.3) is 40.4 Å². The van der Waals surface area contributed by atoms with Crippen LogP contribution in [0.2, 0.25) is 0 Å². The first-order valence-electron chi connectivity index (χ1n) is 11.9. The molecule has 3 heterocycles. The summed E-state index contributed by atoms with van der Waals surface area (Å²) >= 11 is 0. The number of fused-ring (bicyclic) bond motifs is 2. The number of hydrogen-bond donors (Lipinski definition) is 0. The first kappa shape index (κ1) is 23.0. The molecule has 1 aromatic carbocycles. The van der Waals surface area contributed by atoms with Gasteiger partial charge in [0.05, 0.1) is 11.4 Å². The van der Waals surface area contributed by atoms with Crippen molar-refractivity contribution in [1.29, 1.82) is 0 Å². The number of pyridine rings is 2. The lowest BCUT2D eigenvalue weighted by molar-refractivity contribution is 1.18. The molecule has 5 rings (SSSR count). The Hall–Kier alpha value is -4.76. The van der Waals surface area contributed by atoms with E-state index in [9.17, 15) is 0 Å². The molecule has 3 aromatic heterocycles. The van der Waals surface area contributed by atoms with E-state index in [2.05, 4.69) is 72.3 Å². The van der Waals surface area contributed by atoms with Crippen molar-refractivity contribution in [1.82, 2.24) is 14.4 Å². The number of allylic oxidation sites excluding steroid dienone is 10. The third kappa shape index (κ3) is 4.59. The number of imidazole rings is 1. The minimum Gasteiger partial charge on any atom is -0.299 e. The van der Waals surface area contributed by atoms with Gasteiger partial charge in [0.2, 0.25) is 0 Å². The van der Waals surface area contributed by atoms with E-state index in [-0.39, 0.29) is 0 Å². The largest absolute Gasteiger partial charge is 0.299 e. The van der Waals surface area contributed by atoms with Crippen molar-refractivity contribution in [3.8, 4) is 22.6 Å². The van der Waals surface area contributed by atoms with Gasteiger partial charge in [-0.05, 0) is 64.9 Å². The Bertz CT molecular complexity index is 1720. The van der Waals surface area contributed by atoms with E-state index in [4.69, 9.17) is 9.97 Å². The van der Waals surface area contributed by atoms with E-state index in [1.54, 1.807) is 6.08 Å². The molecule has 0 unspecified atom stereocenters. The van der Waals surface area contributed by atoms with Gasteiger partial charge in [-0.15, -0.1) is 0 Å². The molecule has 3 nitrogen and oxygen atoms in total. The van der Waals surface area contributed by atoms with Crippen LogP contribution >= 0.6 is 0 Å². The molecule has 0 saturated heterocycles. The predicted octanol–water partition coefficient (Wildman–Crippen LogP) is 6.28. The number of nitrogens with zero attached hydrogens (tertiary/aromatic N) is 3. The van der Waals surface area contributed by atoms with E-state index >= 15 is 0 Å². The molecular weight excluding hydrogens is 438 g/mol. The van der Waals surface area contributed by atoms with Crippen molar-refractivity contribution >= 4 is 17.8 Å². The highest BCUT2D eigenvalue weighted by Crippen LogP contribution is 2.31. The maximum atomic E-state index is 4.97. The van der Waals surface area contributed by atoms with Crippen LogP contribution in [0.4, 0.5) is 0 Å². The molecule has 174 valence electrons. The summed E-state index contributed by atoms with van der Waals surface area (Å²) < 4.78 is 2.14. The number of rotatable bonds is 6.